The molecular formula is C10H16N4O. The van der Waals surface area contributed by atoms with Crippen LogP contribution in [0.1, 0.15) is 12.8 Å². The molecule has 0 saturated heterocycles. The van der Waals surface area contributed by atoms with E-state index in [4.69, 9.17) is 10.5 Å². The van der Waals surface area contributed by atoms with Crippen LogP contribution in [0.25, 0.3) is 0 Å². The van der Waals surface area contributed by atoms with Crippen LogP contribution in [0.3, 0.4) is 0 Å². The predicted octanol–water partition coefficient (Wildman–Crippen LogP) is 0.532. The highest BCUT2D eigenvalue weighted by Crippen LogP contribution is 2.24. The lowest BCUT2D eigenvalue weighted by Gasteiger charge is -2.15. The van der Waals surface area contributed by atoms with Gasteiger partial charge in [-0.1, -0.05) is 0 Å². The van der Waals surface area contributed by atoms with Crippen molar-refractivity contribution in [1.29, 1.82) is 0 Å². The third-order valence-electron chi connectivity index (χ3n) is 2.52. The van der Waals surface area contributed by atoms with Crippen LogP contribution in [-0.2, 0) is 0 Å². The van der Waals surface area contributed by atoms with E-state index in [0.29, 0.717) is 18.3 Å². The smallest absolute Gasteiger partial charge is 0.233 e. The van der Waals surface area contributed by atoms with Gasteiger partial charge in [-0.15, -0.1) is 10.2 Å². The summed E-state index contributed by atoms with van der Waals surface area (Å²) in [6, 6.07) is 4.19. The number of nitrogens with two attached hydrogens (primary N) is 1. The molecule has 0 atom stereocenters. The minimum Gasteiger partial charge on any atom is -0.475 e. The first-order chi connectivity index (χ1) is 7.25. The Morgan fingerprint density at radius 1 is 1.47 bits per heavy atom. The summed E-state index contributed by atoms with van der Waals surface area (Å²) in [4.78, 5) is 2.31. The number of hydrogen-bond donors (Lipinski definition) is 1. The number of rotatable bonds is 5. The van der Waals surface area contributed by atoms with E-state index < -0.39 is 0 Å². The summed E-state index contributed by atoms with van der Waals surface area (Å²) in [6.07, 6.45) is 2.64. The normalized spacial score (nSPS) is 15.6. The lowest BCUT2D eigenvalue weighted by Crippen LogP contribution is -2.26. The molecule has 2 rings (SSSR count). The number of hydrogen-bond acceptors (Lipinski definition) is 5. The van der Waals surface area contributed by atoms with E-state index in [-0.39, 0.29) is 0 Å². The second kappa shape index (κ2) is 4.44. The summed E-state index contributed by atoms with van der Waals surface area (Å²) in [5.41, 5.74) is 5.41. The van der Waals surface area contributed by atoms with Crippen molar-refractivity contribution < 1.29 is 4.74 Å². The average molecular weight is 208 g/mol. The van der Waals surface area contributed by atoms with E-state index >= 15 is 0 Å². The average Bonchev–Trinajstić information content (AvgIpc) is 3.04. The Morgan fingerprint density at radius 3 is 2.87 bits per heavy atom. The zero-order valence-electron chi connectivity index (χ0n) is 8.89. The second-order valence-electron chi connectivity index (χ2n) is 3.86. The number of nitrogen functional groups attached to an aromatic ring is 1. The van der Waals surface area contributed by atoms with E-state index in [1.807, 2.05) is 0 Å². The summed E-state index contributed by atoms with van der Waals surface area (Å²) in [5.74, 6) is 0.950. The van der Waals surface area contributed by atoms with Crippen molar-refractivity contribution in [1.82, 2.24) is 15.1 Å². The van der Waals surface area contributed by atoms with Gasteiger partial charge in [0.1, 0.15) is 12.4 Å². The minimum atomic E-state index is 0.414. The van der Waals surface area contributed by atoms with Crippen LogP contribution in [0.4, 0.5) is 5.82 Å². The molecule has 0 aliphatic heterocycles. The fourth-order valence-corrected chi connectivity index (χ4v) is 1.40. The van der Waals surface area contributed by atoms with Gasteiger partial charge in [0.2, 0.25) is 5.88 Å². The first-order valence-corrected chi connectivity index (χ1v) is 5.18. The van der Waals surface area contributed by atoms with Crippen molar-refractivity contribution in [3.63, 3.8) is 0 Å². The van der Waals surface area contributed by atoms with Gasteiger partial charge >= 0.3 is 0 Å². The van der Waals surface area contributed by atoms with Crippen molar-refractivity contribution >= 4 is 5.82 Å². The molecule has 0 unspecified atom stereocenters. The molecular weight excluding hydrogens is 192 g/mol. The maximum atomic E-state index is 5.44. The molecule has 5 heteroatoms. The van der Waals surface area contributed by atoms with Gasteiger partial charge in [0.15, 0.2) is 0 Å². The van der Waals surface area contributed by atoms with Gasteiger partial charge in [0.25, 0.3) is 0 Å². The Hall–Kier alpha value is -1.36. The molecule has 1 fully saturated rings. The zero-order chi connectivity index (χ0) is 10.7. The highest BCUT2D eigenvalue weighted by molar-refractivity contribution is 5.27. The number of anilines is 1. The summed E-state index contributed by atoms with van der Waals surface area (Å²) in [5, 5.41) is 7.53. The molecule has 1 heterocycles. The SMILES string of the molecule is CN(CCOc1ccc(N)nn1)C1CC1. The Kier molecular flexibility index (Phi) is 3.01. The Balaban J connectivity index is 1.70. The fraction of sp³-hybridized carbons (Fsp3) is 0.600. The molecule has 0 amide bonds. The second-order valence-corrected chi connectivity index (χ2v) is 3.86. The molecule has 15 heavy (non-hydrogen) atoms. The van der Waals surface area contributed by atoms with E-state index in [2.05, 4.69) is 22.1 Å². The van der Waals surface area contributed by atoms with Gasteiger partial charge in [-0.2, -0.15) is 0 Å². The molecule has 0 spiro atoms. The number of aromatic nitrogens is 2. The number of ether oxygens (including phenoxy) is 1. The van der Waals surface area contributed by atoms with Crippen molar-refractivity contribution in [2.45, 2.75) is 18.9 Å². The van der Waals surface area contributed by atoms with E-state index in [0.717, 1.165) is 12.6 Å². The molecule has 2 N–H and O–H groups in total. The minimum absolute atomic E-state index is 0.414. The van der Waals surface area contributed by atoms with Crippen LogP contribution >= 0.6 is 0 Å². The first-order valence-electron chi connectivity index (χ1n) is 5.18. The largest absolute Gasteiger partial charge is 0.475 e. The third-order valence-corrected chi connectivity index (χ3v) is 2.52. The molecule has 82 valence electrons. The molecule has 1 aliphatic carbocycles. The van der Waals surface area contributed by atoms with Crippen molar-refractivity contribution in [3.8, 4) is 5.88 Å². The van der Waals surface area contributed by atoms with Gasteiger partial charge in [-0.05, 0) is 26.0 Å². The summed E-state index contributed by atoms with van der Waals surface area (Å²) >= 11 is 0. The molecule has 0 aromatic carbocycles. The lowest BCUT2D eigenvalue weighted by atomic mass is 10.5. The Labute approximate surface area is 89.2 Å². The third kappa shape index (κ3) is 3.06. The first kappa shape index (κ1) is 10.2. The van der Waals surface area contributed by atoms with E-state index in [1.165, 1.54) is 12.8 Å². The summed E-state index contributed by atoms with van der Waals surface area (Å²) < 4.78 is 5.44. The van der Waals surface area contributed by atoms with Crippen LogP contribution in [0.5, 0.6) is 5.88 Å². The van der Waals surface area contributed by atoms with Gasteiger partial charge in [-0.3, -0.25) is 0 Å². The predicted molar refractivity (Wildman–Crippen MR) is 57.6 cm³/mol. The van der Waals surface area contributed by atoms with Gasteiger partial charge in [-0.25, -0.2) is 0 Å². The van der Waals surface area contributed by atoms with Crippen LogP contribution < -0.4 is 10.5 Å². The topological polar surface area (TPSA) is 64.3 Å². The van der Waals surface area contributed by atoms with E-state index in [1.54, 1.807) is 12.1 Å². The van der Waals surface area contributed by atoms with Crippen LogP contribution in [0.15, 0.2) is 12.1 Å². The van der Waals surface area contributed by atoms with E-state index in [9.17, 15) is 0 Å². The molecule has 1 aromatic heterocycles. The molecule has 5 nitrogen and oxygen atoms in total. The monoisotopic (exact) mass is 208 g/mol. The molecule has 0 radical (unpaired) electrons. The maximum absolute atomic E-state index is 5.44. The van der Waals surface area contributed by atoms with Gasteiger partial charge in [0.05, 0.1) is 0 Å². The molecule has 1 aliphatic rings. The fourth-order valence-electron chi connectivity index (χ4n) is 1.40. The maximum Gasteiger partial charge on any atom is 0.233 e. The van der Waals surface area contributed by atoms with Gasteiger partial charge < -0.3 is 15.4 Å². The summed E-state index contributed by atoms with van der Waals surface area (Å²) in [6.45, 7) is 1.57. The summed E-state index contributed by atoms with van der Waals surface area (Å²) in [7, 11) is 2.12. The standard InChI is InChI=1S/C10H16N4O/c1-14(8-2-3-8)6-7-15-10-5-4-9(11)12-13-10/h4-5,8H,2-3,6-7H2,1H3,(H2,11,12). The highest BCUT2D eigenvalue weighted by atomic mass is 16.5. The Morgan fingerprint density at radius 2 is 2.27 bits per heavy atom. The lowest BCUT2D eigenvalue weighted by molar-refractivity contribution is 0.225. The number of likely N-dealkylation sites (N-methyl/N-ethyl adjacent to an activating group) is 1. The van der Waals surface area contributed by atoms with Crippen LogP contribution in [0.2, 0.25) is 0 Å². The number of nitrogens with zero attached hydrogens (tertiary/aromatic N) is 3. The van der Waals surface area contributed by atoms with Crippen molar-refractivity contribution in [2.24, 2.45) is 0 Å². The molecule has 1 aromatic rings. The van der Waals surface area contributed by atoms with Crippen molar-refractivity contribution in [3.05, 3.63) is 12.1 Å². The van der Waals surface area contributed by atoms with Crippen LogP contribution in [-0.4, -0.2) is 41.3 Å². The van der Waals surface area contributed by atoms with Crippen LogP contribution in [0, 0.1) is 0 Å². The molecule has 0 bridgehead atoms. The van der Waals surface area contributed by atoms with Crippen molar-refractivity contribution in [2.75, 3.05) is 25.9 Å². The van der Waals surface area contributed by atoms with Gasteiger partial charge in [0, 0.05) is 18.7 Å². The molecule has 1 saturated carbocycles. The highest BCUT2D eigenvalue weighted by Gasteiger charge is 2.25. The Bertz CT molecular complexity index is 310. The zero-order valence-corrected chi connectivity index (χ0v) is 8.89. The quantitative estimate of drug-likeness (QED) is 0.764.